The highest BCUT2D eigenvalue weighted by Gasteiger charge is 2.45. The lowest BCUT2D eigenvalue weighted by Crippen LogP contribution is -2.51. The largest absolute Gasteiger partial charge is 0.476 e. The number of likely N-dealkylation sites (tertiary alicyclic amines) is 1. The van der Waals surface area contributed by atoms with E-state index in [1.807, 2.05) is 0 Å². The minimum Gasteiger partial charge on any atom is -0.476 e. The van der Waals surface area contributed by atoms with E-state index in [-0.39, 0.29) is 5.41 Å². The Morgan fingerprint density at radius 2 is 2.12 bits per heavy atom. The molecule has 1 aliphatic carbocycles. The first kappa shape index (κ1) is 15.8. The molecule has 2 aliphatic heterocycles. The van der Waals surface area contributed by atoms with Gasteiger partial charge in [-0.2, -0.15) is 0 Å². The van der Waals surface area contributed by atoms with Crippen LogP contribution in [0.15, 0.2) is 18.6 Å². The Balaban J connectivity index is 1.37. The van der Waals surface area contributed by atoms with Gasteiger partial charge < -0.3 is 14.4 Å². The minimum absolute atomic E-state index is 0.237. The van der Waals surface area contributed by atoms with Gasteiger partial charge in [0.1, 0.15) is 0 Å². The zero-order chi connectivity index (χ0) is 16.4. The van der Waals surface area contributed by atoms with Crippen molar-refractivity contribution in [3.63, 3.8) is 0 Å². The van der Waals surface area contributed by atoms with Crippen molar-refractivity contribution in [2.45, 2.75) is 32.1 Å². The molecule has 1 aromatic rings. The molecule has 1 atom stereocenters. The summed E-state index contributed by atoms with van der Waals surface area (Å²) in [7, 11) is 0. The van der Waals surface area contributed by atoms with E-state index in [2.05, 4.69) is 14.9 Å². The van der Waals surface area contributed by atoms with Crippen molar-refractivity contribution in [3.8, 4) is 5.88 Å². The SMILES string of the molecule is O=C(C1CC1)N1CCC2(CCOC[C@H]2COc2cnccn2)CC1. The fraction of sp³-hybridized carbons (Fsp3) is 0.722. The van der Waals surface area contributed by atoms with E-state index in [0.717, 1.165) is 58.4 Å². The highest BCUT2D eigenvalue weighted by atomic mass is 16.5. The number of nitrogens with zero attached hydrogens (tertiary/aromatic N) is 3. The van der Waals surface area contributed by atoms with Crippen LogP contribution in [0, 0.1) is 17.3 Å². The van der Waals surface area contributed by atoms with Crippen LogP contribution in [0.4, 0.5) is 0 Å². The molecular weight excluding hydrogens is 306 g/mol. The van der Waals surface area contributed by atoms with Crippen molar-refractivity contribution in [3.05, 3.63) is 18.6 Å². The molecule has 2 saturated heterocycles. The smallest absolute Gasteiger partial charge is 0.232 e. The van der Waals surface area contributed by atoms with Crippen LogP contribution >= 0.6 is 0 Å². The molecule has 3 fully saturated rings. The van der Waals surface area contributed by atoms with Gasteiger partial charge in [-0.1, -0.05) is 0 Å². The summed E-state index contributed by atoms with van der Waals surface area (Å²) in [5.74, 6) is 1.62. The summed E-state index contributed by atoms with van der Waals surface area (Å²) in [6.45, 7) is 3.93. The minimum atomic E-state index is 0.237. The molecule has 0 aromatic carbocycles. The molecule has 0 bridgehead atoms. The van der Waals surface area contributed by atoms with Gasteiger partial charge in [0.25, 0.3) is 0 Å². The molecule has 6 heteroatoms. The van der Waals surface area contributed by atoms with Crippen LogP contribution < -0.4 is 4.74 Å². The third kappa shape index (κ3) is 3.24. The lowest BCUT2D eigenvalue weighted by Gasteiger charge is -2.48. The molecule has 24 heavy (non-hydrogen) atoms. The number of ether oxygens (including phenoxy) is 2. The van der Waals surface area contributed by atoms with Gasteiger partial charge >= 0.3 is 0 Å². The quantitative estimate of drug-likeness (QED) is 0.843. The van der Waals surface area contributed by atoms with Crippen molar-refractivity contribution >= 4 is 5.91 Å². The molecule has 0 N–H and O–H groups in total. The number of amides is 1. The molecule has 1 aromatic heterocycles. The van der Waals surface area contributed by atoms with Crippen molar-refractivity contribution in [1.29, 1.82) is 0 Å². The third-order valence-corrected chi connectivity index (χ3v) is 5.90. The van der Waals surface area contributed by atoms with Crippen LogP contribution in [0.25, 0.3) is 0 Å². The van der Waals surface area contributed by atoms with E-state index in [1.54, 1.807) is 18.6 Å². The second-order valence-electron chi connectivity index (χ2n) is 7.34. The fourth-order valence-electron chi connectivity index (χ4n) is 4.07. The number of aromatic nitrogens is 2. The van der Waals surface area contributed by atoms with E-state index in [1.165, 1.54) is 0 Å². The lowest BCUT2D eigenvalue weighted by molar-refractivity contribution is -0.139. The van der Waals surface area contributed by atoms with Crippen LogP contribution in [0.5, 0.6) is 5.88 Å². The molecule has 4 rings (SSSR count). The van der Waals surface area contributed by atoms with Crippen molar-refractivity contribution in [2.24, 2.45) is 17.3 Å². The molecule has 1 spiro atoms. The van der Waals surface area contributed by atoms with Gasteiger partial charge in [-0.05, 0) is 37.5 Å². The zero-order valence-electron chi connectivity index (χ0n) is 14.0. The van der Waals surface area contributed by atoms with E-state index in [0.29, 0.717) is 30.2 Å². The Bertz CT molecular complexity index is 568. The second-order valence-corrected chi connectivity index (χ2v) is 7.34. The Morgan fingerprint density at radius 1 is 1.29 bits per heavy atom. The van der Waals surface area contributed by atoms with Crippen molar-refractivity contribution in [1.82, 2.24) is 14.9 Å². The van der Waals surface area contributed by atoms with E-state index < -0.39 is 0 Å². The van der Waals surface area contributed by atoms with Gasteiger partial charge in [0.2, 0.25) is 11.8 Å². The predicted octanol–water partition coefficient (Wildman–Crippen LogP) is 1.91. The molecule has 3 heterocycles. The Kier molecular flexibility index (Phi) is 4.39. The maximum atomic E-state index is 12.3. The number of rotatable bonds is 4. The summed E-state index contributed by atoms with van der Waals surface area (Å²) in [6, 6.07) is 0. The standard InChI is InChI=1S/C18H25N3O3/c22-17(14-1-2-14)21-8-3-18(4-9-21)5-10-23-12-15(18)13-24-16-11-19-6-7-20-16/h6-7,11,14-15H,1-5,8-10,12-13H2/t15-/m0/s1. The van der Waals surface area contributed by atoms with Gasteiger partial charge in [0, 0.05) is 43.9 Å². The van der Waals surface area contributed by atoms with Crippen LogP contribution in [0.2, 0.25) is 0 Å². The van der Waals surface area contributed by atoms with Crippen molar-refractivity contribution < 1.29 is 14.3 Å². The van der Waals surface area contributed by atoms with Crippen molar-refractivity contribution in [2.75, 3.05) is 32.9 Å². The molecule has 0 unspecified atom stereocenters. The maximum absolute atomic E-state index is 12.3. The molecule has 1 saturated carbocycles. The van der Waals surface area contributed by atoms with E-state index >= 15 is 0 Å². The normalized spacial score (nSPS) is 26.3. The summed E-state index contributed by atoms with van der Waals surface area (Å²) in [5, 5.41) is 0. The van der Waals surface area contributed by atoms with Gasteiger partial charge in [0.05, 0.1) is 19.4 Å². The van der Waals surface area contributed by atoms with Gasteiger partial charge in [-0.3, -0.25) is 9.78 Å². The average Bonchev–Trinajstić information content (AvgIpc) is 3.47. The van der Waals surface area contributed by atoms with Gasteiger partial charge in [0.15, 0.2) is 0 Å². The van der Waals surface area contributed by atoms with Crippen LogP contribution in [-0.4, -0.2) is 53.7 Å². The third-order valence-electron chi connectivity index (χ3n) is 5.90. The van der Waals surface area contributed by atoms with Gasteiger partial charge in [-0.15, -0.1) is 0 Å². The Labute approximate surface area is 142 Å². The van der Waals surface area contributed by atoms with Gasteiger partial charge in [-0.25, -0.2) is 4.98 Å². The Morgan fingerprint density at radius 3 is 2.83 bits per heavy atom. The monoisotopic (exact) mass is 331 g/mol. The molecule has 130 valence electrons. The molecule has 3 aliphatic rings. The second kappa shape index (κ2) is 6.67. The first-order valence-corrected chi connectivity index (χ1v) is 9.02. The number of carbonyl (C=O) groups excluding carboxylic acids is 1. The summed E-state index contributed by atoms with van der Waals surface area (Å²) in [5.41, 5.74) is 0.237. The number of hydrogen-bond acceptors (Lipinski definition) is 5. The van der Waals surface area contributed by atoms with Crippen LogP contribution in [0.1, 0.15) is 32.1 Å². The highest BCUT2D eigenvalue weighted by Crippen LogP contribution is 2.45. The topological polar surface area (TPSA) is 64.6 Å². The number of hydrogen-bond donors (Lipinski definition) is 0. The molecule has 0 radical (unpaired) electrons. The first-order valence-electron chi connectivity index (χ1n) is 9.02. The fourth-order valence-corrected chi connectivity index (χ4v) is 4.07. The number of piperidine rings is 1. The Hall–Kier alpha value is -1.69. The van der Waals surface area contributed by atoms with Crippen LogP contribution in [0.3, 0.4) is 0 Å². The van der Waals surface area contributed by atoms with E-state index in [4.69, 9.17) is 9.47 Å². The summed E-state index contributed by atoms with van der Waals surface area (Å²) < 4.78 is 11.6. The van der Waals surface area contributed by atoms with E-state index in [9.17, 15) is 4.79 Å². The summed E-state index contributed by atoms with van der Waals surface area (Å²) in [4.78, 5) is 22.6. The lowest BCUT2D eigenvalue weighted by atomic mass is 9.66. The molecular formula is C18H25N3O3. The molecule has 6 nitrogen and oxygen atoms in total. The summed E-state index contributed by atoms with van der Waals surface area (Å²) >= 11 is 0. The summed E-state index contributed by atoms with van der Waals surface area (Å²) in [6.07, 6.45) is 10.3. The molecule has 1 amide bonds. The maximum Gasteiger partial charge on any atom is 0.232 e. The zero-order valence-corrected chi connectivity index (χ0v) is 14.0. The van der Waals surface area contributed by atoms with Crippen LogP contribution in [-0.2, 0) is 9.53 Å². The number of carbonyl (C=O) groups is 1. The highest BCUT2D eigenvalue weighted by molar-refractivity contribution is 5.81. The first-order chi connectivity index (χ1) is 11.8. The average molecular weight is 331 g/mol. The predicted molar refractivity (Wildman–Crippen MR) is 87.4 cm³/mol.